The molecule has 0 saturated carbocycles. The molecule has 8 nitrogen and oxygen atoms in total. The molecule has 3 N–H and O–H groups in total. The first-order valence-corrected chi connectivity index (χ1v) is 22.8. The third-order valence-corrected chi connectivity index (χ3v) is 9.68. The lowest BCUT2D eigenvalue weighted by Gasteiger charge is -2.20. The van der Waals surface area contributed by atoms with Gasteiger partial charge in [0.05, 0.1) is 19.8 Å². The topological polar surface area (TPSA) is 117 Å². The molecule has 0 heterocycles. The maximum atomic E-state index is 12.6. The van der Waals surface area contributed by atoms with Gasteiger partial charge in [-0.05, 0) is 57.8 Å². The number of unbranched alkanes of at least 4 members (excludes halogenated alkanes) is 17. The van der Waals surface area contributed by atoms with E-state index in [0.717, 1.165) is 70.6 Å². The van der Waals surface area contributed by atoms with Crippen LogP contribution < -0.4 is 5.73 Å². The summed E-state index contributed by atoms with van der Waals surface area (Å²) in [6.07, 6.45) is 49.6. The van der Waals surface area contributed by atoms with Crippen LogP contribution in [0.25, 0.3) is 0 Å². The smallest absolute Gasteiger partial charge is 0.457 e. The van der Waals surface area contributed by atoms with Crippen LogP contribution in [0, 0.1) is 0 Å². The van der Waals surface area contributed by atoms with Crippen LogP contribution in [-0.4, -0.2) is 49.9 Å². The molecule has 53 heavy (non-hydrogen) atoms. The average molecular weight is 766 g/mol. The van der Waals surface area contributed by atoms with Gasteiger partial charge in [0.25, 0.3) is 0 Å². The van der Waals surface area contributed by atoms with Gasteiger partial charge in [-0.25, -0.2) is 4.57 Å². The van der Waals surface area contributed by atoms with Gasteiger partial charge in [-0.1, -0.05) is 171 Å². The predicted molar refractivity (Wildman–Crippen MR) is 224 cm³/mol. The van der Waals surface area contributed by atoms with E-state index in [1.165, 1.54) is 83.5 Å². The van der Waals surface area contributed by atoms with Gasteiger partial charge >= 0.3 is 13.8 Å². The van der Waals surface area contributed by atoms with Crippen LogP contribution in [0.3, 0.4) is 0 Å². The molecule has 9 heteroatoms. The van der Waals surface area contributed by atoms with Gasteiger partial charge in [0, 0.05) is 19.6 Å². The normalized spacial score (nSPS) is 14.1. The highest BCUT2D eigenvalue weighted by Gasteiger charge is 2.25. The third kappa shape index (κ3) is 41.2. The van der Waals surface area contributed by atoms with Crippen molar-refractivity contribution < 1.29 is 32.8 Å². The highest BCUT2D eigenvalue weighted by molar-refractivity contribution is 7.47. The van der Waals surface area contributed by atoms with E-state index in [2.05, 4.69) is 74.6 Å². The SMILES string of the molecule is CC/C=C\C/C=C\C/C=C\C/C=C\C/C=C\CCCCCCCCCCCC(=O)OC(COCCCCCCCCCCC)COP(=O)(O)OCCN. The molecule has 308 valence electrons. The largest absolute Gasteiger partial charge is 0.472 e. The van der Waals surface area contributed by atoms with Gasteiger partial charge in [0.2, 0.25) is 0 Å². The molecule has 0 bridgehead atoms. The molecule has 0 aromatic rings. The minimum Gasteiger partial charge on any atom is -0.457 e. The molecule has 2 atom stereocenters. The standard InChI is InChI=1S/C44H80NO7P/c1-3-5-7-9-11-13-14-15-16-17-18-19-20-21-22-23-24-25-26-27-28-29-31-33-35-37-44(46)52-43(42-51-53(47,48)50-40-38-45)41-49-39-36-34-32-30-12-10-8-6-4-2/h5,7,11,13,15-16,18-19,21-22,43H,3-4,6,8-10,12,14,17,20,23-42,45H2,1-2H3,(H,47,48)/b7-5-,13-11-,16-15-,19-18-,22-21-. The van der Waals surface area contributed by atoms with Gasteiger partial charge in [-0.15, -0.1) is 0 Å². The molecule has 0 aliphatic heterocycles. The maximum absolute atomic E-state index is 12.6. The first-order valence-electron chi connectivity index (χ1n) is 21.3. The van der Waals surface area contributed by atoms with Crippen molar-refractivity contribution in [3.05, 3.63) is 60.8 Å². The minimum atomic E-state index is -4.27. The number of ether oxygens (including phenoxy) is 2. The number of hydrogen-bond acceptors (Lipinski definition) is 7. The third-order valence-electron chi connectivity index (χ3n) is 8.70. The van der Waals surface area contributed by atoms with Gasteiger partial charge in [-0.3, -0.25) is 13.8 Å². The fourth-order valence-electron chi connectivity index (χ4n) is 5.61. The molecule has 0 radical (unpaired) electrons. The van der Waals surface area contributed by atoms with Crippen molar-refractivity contribution in [1.29, 1.82) is 0 Å². The number of nitrogens with two attached hydrogens (primary N) is 1. The van der Waals surface area contributed by atoms with Crippen LogP contribution in [0.2, 0.25) is 0 Å². The van der Waals surface area contributed by atoms with Crippen LogP contribution in [0.5, 0.6) is 0 Å². The molecule has 0 aromatic carbocycles. The minimum absolute atomic E-state index is 0.0978. The highest BCUT2D eigenvalue weighted by Crippen LogP contribution is 2.43. The first kappa shape index (κ1) is 51.2. The van der Waals surface area contributed by atoms with E-state index in [9.17, 15) is 14.3 Å². The van der Waals surface area contributed by atoms with Crippen molar-refractivity contribution in [3.63, 3.8) is 0 Å². The lowest BCUT2D eigenvalue weighted by molar-refractivity contribution is -0.154. The Morgan fingerprint density at radius 2 is 1.06 bits per heavy atom. The summed E-state index contributed by atoms with van der Waals surface area (Å²) >= 11 is 0. The Balaban J connectivity index is 3.96. The van der Waals surface area contributed by atoms with Crippen LogP contribution >= 0.6 is 7.82 Å². The van der Waals surface area contributed by atoms with Crippen molar-refractivity contribution >= 4 is 13.8 Å². The van der Waals surface area contributed by atoms with Crippen LogP contribution in [-0.2, 0) is 27.9 Å². The van der Waals surface area contributed by atoms with E-state index < -0.39 is 13.9 Å². The van der Waals surface area contributed by atoms with Crippen LogP contribution in [0.4, 0.5) is 0 Å². The zero-order chi connectivity index (χ0) is 38.8. The van der Waals surface area contributed by atoms with Gasteiger partial charge < -0.3 is 20.1 Å². The number of esters is 1. The quantitative estimate of drug-likeness (QED) is 0.0274. The van der Waals surface area contributed by atoms with Crippen molar-refractivity contribution in [2.24, 2.45) is 5.73 Å². The fraction of sp³-hybridized carbons (Fsp3) is 0.750. The molecule has 2 unspecified atom stereocenters. The van der Waals surface area contributed by atoms with Crippen molar-refractivity contribution in [3.8, 4) is 0 Å². The number of phosphoric ester groups is 1. The molecular formula is C44H80NO7P. The summed E-state index contributed by atoms with van der Waals surface area (Å²) in [5, 5.41) is 0. The summed E-state index contributed by atoms with van der Waals surface area (Å²) in [5.41, 5.74) is 5.35. The number of hydrogen-bond donors (Lipinski definition) is 2. The van der Waals surface area contributed by atoms with Gasteiger partial charge in [0.1, 0.15) is 6.10 Å². The Morgan fingerprint density at radius 1 is 0.585 bits per heavy atom. The van der Waals surface area contributed by atoms with E-state index in [0.29, 0.717) is 13.0 Å². The Morgan fingerprint density at radius 3 is 1.58 bits per heavy atom. The summed E-state index contributed by atoms with van der Waals surface area (Å²) in [4.78, 5) is 22.4. The molecule has 0 aliphatic carbocycles. The van der Waals surface area contributed by atoms with E-state index in [-0.39, 0.29) is 32.3 Å². The number of allylic oxidation sites excluding steroid dienone is 10. The number of carbonyl (C=O) groups is 1. The molecule has 0 rings (SSSR count). The molecule has 0 amide bonds. The second-order valence-corrected chi connectivity index (χ2v) is 15.3. The average Bonchev–Trinajstić information content (AvgIpc) is 3.15. The molecular weight excluding hydrogens is 685 g/mol. The summed E-state index contributed by atoms with van der Waals surface area (Å²) in [6.45, 7) is 4.78. The van der Waals surface area contributed by atoms with E-state index in [1.807, 2.05) is 0 Å². The first-order chi connectivity index (χ1) is 25.9. The van der Waals surface area contributed by atoms with Gasteiger partial charge in [-0.2, -0.15) is 0 Å². The zero-order valence-corrected chi connectivity index (χ0v) is 34.9. The lowest BCUT2D eigenvalue weighted by Crippen LogP contribution is -2.28. The Labute approximate surface area is 325 Å². The number of rotatable bonds is 40. The van der Waals surface area contributed by atoms with Crippen molar-refractivity contribution in [1.82, 2.24) is 0 Å². The molecule has 0 aromatic heterocycles. The van der Waals surface area contributed by atoms with Crippen molar-refractivity contribution in [2.75, 3.05) is 33.0 Å². The molecule has 0 fully saturated rings. The highest BCUT2D eigenvalue weighted by atomic mass is 31.2. The summed E-state index contributed by atoms with van der Waals surface area (Å²) in [5.74, 6) is -0.339. The van der Waals surface area contributed by atoms with E-state index in [1.54, 1.807) is 0 Å². The van der Waals surface area contributed by atoms with Crippen LogP contribution in [0.15, 0.2) is 60.8 Å². The van der Waals surface area contributed by atoms with Crippen molar-refractivity contribution in [2.45, 2.75) is 180 Å². The summed E-state index contributed by atoms with van der Waals surface area (Å²) < 4.78 is 33.3. The van der Waals surface area contributed by atoms with Gasteiger partial charge in [0.15, 0.2) is 0 Å². The molecule has 0 aliphatic rings. The Bertz CT molecular complexity index is 994. The predicted octanol–water partition coefficient (Wildman–Crippen LogP) is 12.6. The fourth-order valence-corrected chi connectivity index (χ4v) is 6.38. The number of phosphoric acid groups is 1. The summed E-state index contributed by atoms with van der Waals surface area (Å²) in [7, 11) is -4.27. The second-order valence-electron chi connectivity index (χ2n) is 13.8. The molecule has 0 saturated heterocycles. The molecule has 0 spiro atoms. The Hall–Kier alpha value is -1.80. The van der Waals surface area contributed by atoms with Crippen LogP contribution in [0.1, 0.15) is 174 Å². The van der Waals surface area contributed by atoms with E-state index >= 15 is 0 Å². The summed E-state index contributed by atoms with van der Waals surface area (Å²) in [6, 6.07) is 0. The number of carbonyl (C=O) groups excluding carboxylic acids is 1. The second kappa shape index (κ2) is 41.4. The zero-order valence-electron chi connectivity index (χ0n) is 34.0. The van der Waals surface area contributed by atoms with E-state index in [4.69, 9.17) is 24.3 Å². The lowest BCUT2D eigenvalue weighted by atomic mass is 10.1. The monoisotopic (exact) mass is 766 g/mol. The maximum Gasteiger partial charge on any atom is 0.472 e. The Kier molecular flexibility index (Phi) is 40.0.